The molecule has 2 amide bonds. The van der Waals surface area contributed by atoms with E-state index in [-0.39, 0.29) is 18.4 Å². The van der Waals surface area contributed by atoms with Crippen LogP contribution in [0.2, 0.25) is 0 Å². The normalized spacial score (nSPS) is 18.3. The minimum Gasteiger partial charge on any atom is -0.494 e. The van der Waals surface area contributed by atoms with Crippen LogP contribution in [0, 0.1) is 0 Å². The lowest BCUT2D eigenvalue weighted by Gasteiger charge is -2.44. The van der Waals surface area contributed by atoms with Crippen molar-refractivity contribution >= 4 is 33.4 Å². The summed E-state index contributed by atoms with van der Waals surface area (Å²) in [5.74, 6) is 0.364. The van der Waals surface area contributed by atoms with E-state index in [1.54, 1.807) is 23.3 Å². The summed E-state index contributed by atoms with van der Waals surface area (Å²) in [5.41, 5.74) is 0.418. The third-order valence-electron chi connectivity index (χ3n) is 5.71. The second-order valence-corrected chi connectivity index (χ2v) is 8.65. The Morgan fingerprint density at radius 3 is 2.87 bits per heavy atom. The fourth-order valence-corrected chi connectivity index (χ4v) is 4.96. The first-order chi connectivity index (χ1) is 15.0. The molecule has 1 atom stereocenters. The number of nitrogens with zero attached hydrogens (tertiary/aromatic N) is 2. The molecule has 7 nitrogen and oxygen atoms in total. The Balaban J connectivity index is 1.75. The highest BCUT2D eigenvalue weighted by molar-refractivity contribution is 7.16. The summed E-state index contributed by atoms with van der Waals surface area (Å²) in [6, 6.07) is 11.6. The average molecular weight is 442 g/mol. The minimum atomic E-state index is -1.06. The number of amides is 2. The van der Waals surface area contributed by atoms with Gasteiger partial charge in [-0.3, -0.25) is 9.59 Å². The molecule has 0 bridgehead atoms. The number of ether oxygens (including phenoxy) is 2. The van der Waals surface area contributed by atoms with Crippen LogP contribution in [-0.4, -0.2) is 53.7 Å². The first kappa shape index (κ1) is 21.4. The van der Waals surface area contributed by atoms with E-state index in [0.717, 1.165) is 21.5 Å². The van der Waals surface area contributed by atoms with Crippen LogP contribution >= 0.6 is 11.3 Å². The zero-order valence-corrected chi connectivity index (χ0v) is 18.8. The minimum absolute atomic E-state index is 0.162. The Kier molecular flexibility index (Phi) is 6.02. The molecule has 8 heteroatoms. The molecule has 0 saturated heterocycles. The quantitative estimate of drug-likeness (QED) is 0.545. The first-order valence-corrected chi connectivity index (χ1v) is 11.2. The molecule has 0 spiro atoms. The monoisotopic (exact) mass is 441 g/mol. The van der Waals surface area contributed by atoms with Gasteiger partial charge in [-0.15, -0.1) is 11.3 Å². The van der Waals surface area contributed by atoms with Gasteiger partial charge in [-0.2, -0.15) is 0 Å². The number of methoxy groups -OCH3 is 1. The Hall–Kier alpha value is -2.84. The number of benzene rings is 1. The molecule has 4 rings (SSSR count). The van der Waals surface area contributed by atoms with Gasteiger partial charge in [-0.25, -0.2) is 0 Å². The standard InChI is InChI=1S/C23H27N3O4S/c1-4-30-19-8-6-5-7-17(19)14-26-20(27)18-13-16-9-12-31-21(16)25(18)15-23(26,2)22(28)24-10-11-29-3/h5-9,12-13H,4,10-11,14-15H2,1-3H3,(H,24,28)/t23-/m1/s1. The van der Waals surface area contributed by atoms with Gasteiger partial charge in [0.25, 0.3) is 5.91 Å². The third kappa shape index (κ3) is 3.81. The second kappa shape index (κ2) is 8.72. The van der Waals surface area contributed by atoms with Crippen LogP contribution in [0.25, 0.3) is 10.2 Å². The number of hydrogen-bond acceptors (Lipinski definition) is 5. The number of rotatable bonds is 8. The molecule has 0 saturated carbocycles. The van der Waals surface area contributed by atoms with Crippen LogP contribution in [-0.2, 0) is 22.6 Å². The van der Waals surface area contributed by atoms with Gasteiger partial charge in [-0.05, 0) is 37.4 Å². The summed E-state index contributed by atoms with van der Waals surface area (Å²) in [5, 5.41) is 5.96. The summed E-state index contributed by atoms with van der Waals surface area (Å²) in [4.78, 5) is 29.7. The molecule has 1 aliphatic heterocycles. The Morgan fingerprint density at radius 1 is 1.29 bits per heavy atom. The molecule has 2 aromatic heterocycles. The lowest BCUT2D eigenvalue weighted by molar-refractivity contribution is -0.133. The van der Waals surface area contributed by atoms with Crippen LogP contribution in [0.5, 0.6) is 5.75 Å². The maximum atomic E-state index is 13.7. The number of hydrogen-bond donors (Lipinski definition) is 1. The van der Waals surface area contributed by atoms with Crippen molar-refractivity contribution in [3.8, 4) is 5.75 Å². The summed E-state index contributed by atoms with van der Waals surface area (Å²) in [6.45, 7) is 5.74. The molecule has 164 valence electrons. The van der Waals surface area contributed by atoms with Gasteiger partial charge in [0.15, 0.2) is 0 Å². The van der Waals surface area contributed by atoms with Gasteiger partial charge >= 0.3 is 0 Å². The molecule has 0 radical (unpaired) electrons. The number of nitrogens with one attached hydrogen (secondary N) is 1. The Morgan fingerprint density at radius 2 is 2.10 bits per heavy atom. The van der Waals surface area contributed by atoms with Crippen LogP contribution in [0.4, 0.5) is 0 Å². The van der Waals surface area contributed by atoms with E-state index >= 15 is 0 Å². The van der Waals surface area contributed by atoms with Crippen molar-refractivity contribution in [1.29, 1.82) is 0 Å². The number of aromatic nitrogens is 1. The zero-order chi connectivity index (χ0) is 22.0. The number of carbonyl (C=O) groups excluding carboxylic acids is 2. The Bertz CT molecular complexity index is 1110. The van der Waals surface area contributed by atoms with E-state index in [1.165, 1.54) is 0 Å². The molecule has 1 aromatic carbocycles. The molecule has 1 N–H and O–H groups in total. The topological polar surface area (TPSA) is 72.8 Å². The van der Waals surface area contributed by atoms with E-state index in [1.807, 2.05) is 60.2 Å². The van der Waals surface area contributed by atoms with Gasteiger partial charge in [0, 0.05) is 24.6 Å². The summed E-state index contributed by atoms with van der Waals surface area (Å²) >= 11 is 1.58. The lowest BCUT2D eigenvalue weighted by atomic mass is 9.93. The first-order valence-electron chi connectivity index (χ1n) is 10.4. The van der Waals surface area contributed by atoms with E-state index in [9.17, 15) is 9.59 Å². The van der Waals surface area contributed by atoms with Crippen LogP contribution in [0.3, 0.4) is 0 Å². The summed E-state index contributed by atoms with van der Waals surface area (Å²) in [7, 11) is 1.59. The van der Waals surface area contributed by atoms with Crippen molar-refractivity contribution in [3.63, 3.8) is 0 Å². The van der Waals surface area contributed by atoms with Crippen LogP contribution in [0.1, 0.15) is 29.9 Å². The maximum absolute atomic E-state index is 13.7. The zero-order valence-electron chi connectivity index (χ0n) is 18.0. The molecular weight excluding hydrogens is 414 g/mol. The third-order valence-corrected chi connectivity index (χ3v) is 6.66. The molecule has 1 aliphatic rings. The van der Waals surface area contributed by atoms with Gasteiger partial charge < -0.3 is 24.3 Å². The average Bonchev–Trinajstić information content (AvgIpc) is 3.35. The number of fused-ring (bicyclic) bond motifs is 3. The fourth-order valence-electron chi connectivity index (χ4n) is 4.06. The predicted octanol–water partition coefficient (Wildman–Crippen LogP) is 3.28. The maximum Gasteiger partial charge on any atom is 0.271 e. The lowest BCUT2D eigenvalue weighted by Crippen LogP contribution is -2.63. The molecule has 31 heavy (non-hydrogen) atoms. The predicted molar refractivity (Wildman–Crippen MR) is 121 cm³/mol. The number of carbonyl (C=O) groups is 2. The van der Waals surface area contributed by atoms with Crippen LogP contribution in [0.15, 0.2) is 41.8 Å². The van der Waals surface area contributed by atoms with E-state index in [2.05, 4.69) is 5.32 Å². The SMILES string of the molecule is CCOc1ccccc1CN1C(=O)c2cc3ccsc3n2C[C@]1(C)C(=O)NCCOC. The smallest absolute Gasteiger partial charge is 0.271 e. The van der Waals surface area contributed by atoms with Gasteiger partial charge in [0.2, 0.25) is 5.91 Å². The van der Waals surface area contributed by atoms with Crippen molar-refractivity contribution in [1.82, 2.24) is 14.8 Å². The van der Waals surface area contributed by atoms with Gasteiger partial charge in [0.05, 0.1) is 26.3 Å². The molecule has 0 aliphatic carbocycles. The van der Waals surface area contributed by atoms with Gasteiger partial charge in [-0.1, -0.05) is 18.2 Å². The van der Waals surface area contributed by atoms with E-state index < -0.39 is 5.54 Å². The molecule has 0 unspecified atom stereocenters. The summed E-state index contributed by atoms with van der Waals surface area (Å²) < 4.78 is 12.8. The summed E-state index contributed by atoms with van der Waals surface area (Å²) in [6.07, 6.45) is 0. The van der Waals surface area contributed by atoms with Crippen molar-refractivity contribution in [3.05, 3.63) is 53.0 Å². The number of para-hydroxylation sites is 1. The fraction of sp³-hybridized carbons (Fsp3) is 0.391. The van der Waals surface area contributed by atoms with Crippen molar-refractivity contribution in [2.45, 2.75) is 32.5 Å². The Labute approximate surface area is 185 Å². The van der Waals surface area contributed by atoms with Crippen molar-refractivity contribution < 1.29 is 19.1 Å². The van der Waals surface area contributed by atoms with Crippen molar-refractivity contribution in [2.24, 2.45) is 0 Å². The second-order valence-electron chi connectivity index (χ2n) is 7.75. The molecular formula is C23H27N3O4S. The largest absolute Gasteiger partial charge is 0.494 e. The highest BCUT2D eigenvalue weighted by Crippen LogP contribution is 2.36. The van der Waals surface area contributed by atoms with Gasteiger partial charge in [0.1, 0.15) is 21.8 Å². The van der Waals surface area contributed by atoms with E-state index in [4.69, 9.17) is 9.47 Å². The molecule has 3 heterocycles. The number of thiophene rings is 1. The van der Waals surface area contributed by atoms with E-state index in [0.29, 0.717) is 32.0 Å². The highest BCUT2D eigenvalue weighted by Gasteiger charge is 2.47. The molecule has 0 fully saturated rings. The molecule has 3 aromatic rings. The van der Waals surface area contributed by atoms with Crippen LogP contribution < -0.4 is 10.1 Å². The highest BCUT2D eigenvalue weighted by atomic mass is 32.1. The van der Waals surface area contributed by atoms with Crippen molar-refractivity contribution in [2.75, 3.05) is 26.9 Å².